The van der Waals surface area contributed by atoms with Crippen LogP contribution in [0.2, 0.25) is 0 Å². The number of aliphatic hydroxyl groups is 1. The number of nitrogens with zero attached hydrogens (tertiary/aromatic N) is 2. The number of halogens is 1. The molecular formula is C14H17FN2O3. The number of hydrogen-bond acceptors (Lipinski definition) is 3. The summed E-state index contributed by atoms with van der Waals surface area (Å²) in [5, 5.41) is 8.79. The second-order valence-electron chi connectivity index (χ2n) is 4.85. The smallest absolute Gasteiger partial charge is 0.254 e. The third kappa shape index (κ3) is 3.14. The van der Waals surface area contributed by atoms with Gasteiger partial charge in [-0.25, -0.2) is 4.39 Å². The SMILES string of the molecule is Cc1cc(F)cc(C(=O)N2CCN(C(=O)CO)CC2)c1. The molecule has 0 spiro atoms. The first-order chi connectivity index (χ1) is 9.51. The molecule has 0 aliphatic carbocycles. The minimum absolute atomic E-state index is 0.233. The molecule has 6 heteroatoms. The van der Waals surface area contributed by atoms with Gasteiger partial charge in [0.25, 0.3) is 5.91 Å². The van der Waals surface area contributed by atoms with E-state index in [1.165, 1.54) is 17.0 Å². The maximum absolute atomic E-state index is 13.3. The number of amides is 2. The lowest BCUT2D eigenvalue weighted by Crippen LogP contribution is -2.51. The molecule has 1 saturated heterocycles. The van der Waals surface area contributed by atoms with Crippen molar-refractivity contribution in [2.75, 3.05) is 32.8 Å². The van der Waals surface area contributed by atoms with E-state index in [0.717, 1.165) is 0 Å². The first-order valence-electron chi connectivity index (χ1n) is 6.46. The van der Waals surface area contributed by atoms with Crippen molar-refractivity contribution in [1.82, 2.24) is 9.80 Å². The number of carbonyl (C=O) groups is 2. The van der Waals surface area contributed by atoms with Crippen molar-refractivity contribution < 1.29 is 19.1 Å². The average Bonchev–Trinajstić information content (AvgIpc) is 2.45. The fourth-order valence-electron chi connectivity index (χ4n) is 2.30. The lowest BCUT2D eigenvalue weighted by molar-refractivity contribution is -0.135. The Morgan fingerprint density at radius 2 is 1.75 bits per heavy atom. The molecule has 0 radical (unpaired) electrons. The van der Waals surface area contributed by atoms with E-state index >= 15 is 0 Å². The van der Waals surface area contributed by atoms with E-state index in [9.17, 15) is 14.0 Å². The number of aliphatic hydroxyl groups excluding tert-OH is 1. The largest absolute Gasteiger partial charge is 0.387 e. The van der Waals surface area contributed by atoms with Gasteiger partial charge in [0.15, 0.2) is 0 Å². The third-order valence-corrected chi connectivity index (χ3v) is 3.34. The summed E-state index contributed by atoms with van der Waals surface area (Å²) in [6, 6.07) is 4.24. The summed E-state index contributed by atoms with van der Waals surface area (Å²) in [7, 11) is 0. The Balaban J connectivity index is 2.03. The Labute approximate surface area is 116 Å². The predicted octanol–water partition coefficient (Wildman–Crippen LogP) is 0.411. The Bertz CT molecular complexity index is 505. The zero-order valence-electron chi connectivity index (χ0n) is 11.3. The molecule has 1 N–H and O–H groups in total. The molecule has 0 atom stereocenters. The first-order valence-corrected chi connectivity index (χ1v) is 6.46. The minimum Gasteiger partial charge on any atom is -0.387 e. The van der Waals surface area contributed by atoms with Crippen LogP contribution in [0, 0.1) is 12.7 Å². The number of aryl methyl sites for hydroxylation is 1. The highest BCUT2D eigenvalue weighted by molar-refractivity contribution is 5.94. The van der Waals surface area contributed by atoms with E-state index in [0.29, 0.717) is 37.3 Å². The van der Waals surface area contributed by atoms with Gasteiger partial charge in [-0.2, -0.15) is 0 Å². The molecule has 2 amide bonds. The van der Waals surface area contributed by atoms with Crippen LogP contribution in [0.1, 0.15) is 15.9 Å². The van der Waals surface area contributed by atoms with Crippen LogP contribution in [0.25, 0.3) is 0 Å². The Kier molecular flexibility index (Phi) is 4.34. The van der Waals surface area contributed by atoms with Crippen LogP contribution in [0.4, 0.5) is 4.39 Å². The molecular weight excluding hydrogens is 263 g/mol. The standard InChI is InChI=1S/C14H17FN2O3/c1-10-6-11(8-12(15)7-10)14(20)17-4-2-16(3-5-17)13(19)9-18/h6-8,18H,2-5,9H2,1H3. The fraction of sp³-hybridized carbons (Fsp3) is 0.429. The molecule has 1 aliphatic heterocycles. The van der Waals surface area contributed by atoms with Gasteiger partial charge in [0.05, 0.1) is 0 Å². The highest BCUT2D eigenvalue weighted by atomic mass is 19.1. The van der Waals surface area contributed by atoms with E-state index in [1.807, 2.05) is 0 Å². The van der Waals surface area contributed by atoms with Crippen LogP contribution >= 0.6 is 0 Å². The summed E-state index contributed by atoms with van der Waals surface area (Å²) in [5.74, 6) is -0.996. The van der Waals surface area contributed by atoms with Gasteiger partial charge in [-0.1, -0.05) is 0 Å². The van der Waals surface area contributed by atoms with E-state index in [-0.39, 0.29) is 11.8 Å². The molecule has 0 aromatic heterocycles. The summed E-state index contributed by atoms with van der Waals surface area (Å²) in [5.41, 5.74) is 1.02. The summed E-state index contributed by atoms with van der Waals surface area (Å²) in [6.45, 7) is 2.77. The van der Waals surface area contributed by atoms with Crippen molar-refractivity contribution >= 4 is 11.8 Å². The van der Waals surface area contributed by atoms with Gasteiger partial charge in [-0.15, -0.1) is 0 Å². The first kappa shape index (κ1) is 14.5. The molecule has 0 bridgehead atoms. The molecule has 1 fully saturated rings. The lowest BCUT2D eigenvalue weighted by atomic mass is 10.1. The second kappa shape index (κ2) is 6.00. The molecule has 1 aromatic rings. The topological polar surface area (TPSA) is 60.9 Å². The highest BCUT2D eigenvalue weighted by Gasteiger charge is 2.24. The molecule has 0 saturated carbocycles. The fourth-order valence-corrected chi connectivity index (χ4v) is 2.30. The van der Waals surface area contributed by atoms with Crippen molar-refractivity contribution in [2.24, 2.45) is 0 Å². The Hall–Kier alpha value is -1.95. The second-order valence-corrected chi connectivity index (χ2v) is 4.85. The van der Waals surface area contributed by atoms with Crippen LogP contribution in [-0.4, -0.2) is 59.5 Å². The monoisotopic (exact) mass is 280 g/mol. The summed E-state index contributed by atoms with van der Waals surface area (Å²) >= 11 is 0. The predicted molar refractivity (Wildman–Crippen MR) is 70.7 cm³/mol. The maximum atomic E-state index is 13.3. The Morgan fingerprint density at radius 3 is 2.30 bits per heavy atom. The number of rotatable bonds is 2. The van der Waals surface area contributed by atoms with Crippen LogP contribution in [-0.2, 0) is 4.79 Å². The number of benzene rings is 1. The van der Waals surface area contributed by atoms with Crippen molar-refractivity contribution in [3.05, 3.63) is 35.1 Å². The van der Waals surface area contributed by atoms with E-state index in [4.69, 9.17) is 5.11 Å². The van der Waals surface area contributed by atoms with Gasteiger partial charge in [0.2, 0.25) is 5.91 Å². The quantitative estimate of drug-likeness (QED) is 0.853. The zero-order chi connectivity index (χ0) is 14.7. The summed E-state index contributed by atoms with van der Waals surface area (Å²) in [4.78, 5) is 26.7. The molecule has 20 heavy (non-hydrogen) atoms. The molecule has 1 aliphatic rings. The van der Waals surface area contributed by atoms with Gasteiger partial charge in [0, 0.05) is 31.7 Å². The van der Waals surface area contributed by atoms with Crippen molar-refractivity contribution in [3.63, 3.8) is 0 Å². The van der Waals surface area contributed by atoms with Gasteiger partial charge >= 0.3 is 0 Å². The molecule has 0 unspecified atom stereocenters. The highest BCUT2D eigenvalue weighted by Crippen LogP contribution is 2.13. The van der Waals surface area contributed by atoms with Gasteiger partial charge < -0.3 is 14.9 Å². The number of hydrogen-bond donors (Lipinski definition) is 1. The van der Waals surface area contributed by atoms with Crippen LogP contribution < -0.4 is 0 Å². The van der Waals surface area contributed by atoms with Crippen LogP contribution in [0.3, 0.4) is 0 Å². The number of carbonyl (C=O) groups excluding carboxylic acids is 2. The third-order valence-electron chi connectivity index (χ3n) is 3.34. The van der Waals surface area contributed by atoms with Gasteiger partial charge in [-0.3, -0.25) is 9.59 Å². The molecule has 1 heterocycles. The molecule has 5 nitrogen and oxygen atoms in total. The summed E-state index contributed by atoms with van der Waals surface area (Å²) < 4.78 is 13.3. The minimum atomic E-state index is -0.517. The zero-order valence-corrected chi connectivity index (χ0v) is 11.3. The van der Waals surface area contributed by atoms with Crippen molar-refractivity contribution in [3.8, 4) is 0 Å². The van der Waals surface area contributed by atoms with E-state index in [2.05, 4.69) is 0 Å². The number of piperazine rings is 1. The summed E-state index contributed by atoms with van der Waals surface area (Å²) in [6.07, 6.45) is 0. The molecule has 108 valence electrons. The van der Waals surface area contributed by atoms with Crippen molar-refractivity contribution in [1.29, 1.82) is 0 Å². The average molecular weight is 280 g/mol. The van der Waals surface area contributed by atoms with E-state index < -0.39 is 12.4 Å². The Morgan fingerprint density at radius 1 is 1.15 bits per heavy atom. The van der Waals surface area contributed by atoms with Crippen LogP contribution in [0.15, 0.2) is 18.2 Å². The van der Waals surface area contributed by atoms with Crippen LogP contribution in [0.5, 0.6) is 0 Å². The molecule has 2 rings (SSSR count). The van der Waals surface area contributed by atoms with Crippen molar-refractivity contribution in [2.45, 2.75) is 6.92 Å². The maximum Gasteiger partial charge on any atom is 0.254 e. The lowest BCUT2D eigenvalue weighted by Gasteiger charge is -2.34. The van der Waals surface area contributed by atoms with E-state index in [1.54, 1.807) is 17.9 Å². The van der Waals surface area contributed by atoms with Gasteiger partial charge in [-0.05, 0) is 30.7 Å². The molecule has 1 aromatic carbocycles. The van der Waals surface area contributed by atoms with Gasteiger partial charge in [0.1, 0.15) is 12.4 Å². The normalized spacial score (nSPS) is 15.3.